The number of aromatic nitrogens is 1. The molecule has 7 nitrogen and oxygen atoms in total. The van der Waals surface area contributed by atoms with Crippen molar-refractivity contribution in [2.45, 2.75) is 17.8 Å². The van der Waals surface area contributed by atoms with Crippen LogP contribution in [0.5, 0.6) is 0 Å². The van der Waals surface area contributed by atoms with Gasteiger partial charge in [-0.2, -0.15) is 5.26 Å². The lowest BCUT2D eigenvalue weighted by Crippen LogP contribution is -2.68. The summed E-state index contributed by atoms with van der Waals surface area (Å²) in [6, 6.07) is 12.2. The minimum atomic E-state index is -3.29. The Kier molecular flexibility index (Phi) is 5.11. The molecule has 0 aliphatic carbocycles. The summed E-state index contributed by atoms with van der Waals surface area (Å²) in [6.45, 7) is 1.06. The maximum Gasteiger partial charge on any atom is 0.253 e. The van der Waals surface area contributed by atoms with Crippen LogP contribution in [0.15, 0.2) is 48.8 Å². The normalized spacial score (nSPS) is 21.5. The van der Waals surface area contributed by atoms with Gasteiger partial charge in [-0.25, -0.2) is 8.42 Å². The number of hydrogen-bond acceptors (Lipinski definition) is 6. The Hall–Kier alpha value is -2.76. The van der Waals surface area contributed by atoms with Crippen LogP contribution in [0.1, 0.15) is 27.9 Å². The summed E-state index contributed by atoms with van der Waals surface area (Å²) >= 11 is 0. The van der Waals surface area contributed by atoms with Crippen LogP contribution in [0, 0.1) is 17.2 Å². The van der Waals surface area contributed by atoms with Crippen LogP contribution < -0.4 is 0 Å². The number of hydrogen-bond donors (Lipinski definition) is 0. The zero-order valence-corrected chi connectivity index (χ0v) is 16.6. The van der Waals surface area contributed by atoms with Gasteiger partial charge in [-0.05, 0) is 36.2 Å². The van der Waals surface area contributed by atoms with Gasteiger partial charge in [0.1, 0.15) is 4.75 Å². The van der Waals surface area contributed by atoms with Crippen molar-refractivity contribution in [2.24, 2.45) is 5.92 Å². The minimum absolute atomic E-state index is 0.125. The fraction of sp³-hybridized carbons (Fsp3) is 0.381. The fourth-order valence-corrected chi connectivity index (χ4v) is 6.56. The zero-order valence-electron chi connectivity index (χ0n) is 15.8. The van der Waals surface area contributed by atoms with E-state index >= 15 is 0 Å². The second kappa shape index (κ2) is 7.58. The largest absolute Gasteiger partial charge is 0.376 e. The topological polar surface area (TPSA) is 100 Å². The van der Waals surface area contributed by atoms with Gasteiger partial charge in [0.25, 0.3) is 5.91 Å². The highest BCUT2D eigenvalue weighted by Gasteiger charge is 2.62. The van der Waals surface area contributed by atoms with Crippen molar-refractivity contribution in [1.29, 1.82) is 5.26 Å². The van der Waals surface area contributed by atoms with E-state index in [0.717, 1.165) is 5.56 Å². The number of ether oxygens (including phenoxy) is 1. The van der Waals surface area contributed by atoms with Gasteiger partial charge in [0.15, 0.2) is 9.84 Å². The number of benzene rings is 1. The first-order valence-corrected chi connectivity index (χ1v) is 11.1. The molecule has 2 saturated heterocycles. The van der Waals surface area contributed by atoms with Crippen LogP contribution in [-0.4, -0.2) is 54.4 Å². The Morgan fingerprint density at radius 2 is 2.14 bits per heavy atom. The van der Waals surface area contributed by atoms with Gasteiger partial charge < -0.3 is 9.64 Å². The highest BCUT2D eigenvalue weighted by molar-refractivity contribution is 7.93. The molecule has 150 valence electrons. The molecular formula is C21H21N3O4S. The number of likely N-dealkylation sites (tertiary alicyclic amines) is 1. The molecule has 0 radical (unpaired) electrons. The van der Waals surface area contributed by atoms with Gasteiger partial charge in [-0.3, -0.25) is 9.78 Å². The van der Waals surface area contributed by atoms with Crippen LogP contribution >= 0.6 is 0 Å². The first kappa shape index (κ1) is 19.6. The van der Waals surface area contributed by atoms with Gasteiger partial charge in [0, 0.05) is 37.0 Å². The zero-order chi connectivity index (χ0) is 20.5. The summed E-state index contributed by atoms with van der Waals surface area (Å²) in [5.41, 5.74) is 1.74. The van der Waals surface area contributed by atoms with E-state index in [2.05, 4.69) is 4.98 Å². The quantitative estimate of drug-likeness (QED) is 0.744. The summed E-state index contributed by atoms with van der Waals surface area (Å²) < 4.78 is 30.4. The molecule has 1 amide bonds. The van der Waals surface area contributed by atoms with Crippen molar-refractivity contribution < 1.29 is 17.9 Å². The molecule has 1 unspecified atom stereocenters. The van der Waals surface area contributed by atoms with Crippen molar-refractivity contribution in [3.05, 3.63) is 65.5 Å². The maximum absolute atomic E-state index is 12.8. The minimum Gasteiger partial charge on any atom is -0.376 e. The molecule has 0 saturated carbocycles. The van der Waals surface area contributed by atoms with E-state index in [4.69, 9.17) is 10.00 Å². The molecule has 1 spiro atoms. The number of amides is 1. The van der Waals surface area contributed by atoms with Crippen molar-refractivity contribution in [1.82, 2.24) is 9.88 Å². The van der Waals surface area contributed by atoms with E-state index < -0.39 is 14.6 Å². The molecule has 1 aromatic carbocycles. The summed E-state index contributed by atoms with van der Waals surface area (Å²) in [7, 11) is -3.29. The predicted octanol–water partition coefficient (Wildman–Crippen LogP) is 1.80. The Bertz CT molecular complexity index is 1060. The molecule has 4 rings (SSSR count). The van der Waals surface area contributed by atoms with Crippen molar-refractivity contribution in [3.8, 4) is 6.07 Å². The molecule has 8 heteroatoms. The number of carbonyl (C=O) groups is 1. The Labute approximate surface area is 169 Å². The second-order valence-electron chi connectivity index (χ2n) is 7.60. The summed E-state index contributed by atoms with van der Waals surface area (Å²) in [6.07, 6.45) is 3.95. The first-order chi connectivity index (χ1) is 13.9. The molecule has 0 N–H and O–H groups in total. The molecule has 2 fully saturated rings. The molecule has 0 bridgehead atoms. The van der Waals surface area contributed by atoms with Gasteiger partial charge in [0.2, 0.25) is 0 Å². The van der Waals surface area contributed by atoms with Crippen LogP contribution in [-0.2, 0) is 21.2 Å². The van der Waals surface area contributed by atoms with Crippen molar-refractivity contribution >= 4 is 15.7 Å². The molecule has 1 atom stereocenters. The Morgan fingerprint density at radius 1 is 1.31 bits per heavy atom. The number of rotatable bonds is 5. The SMILES string of the molecule is N#Cc1cccc(C(=O)N2CC3(C2)C(COCc2cccnc2)CCS3(=O)=O)c1. The van der Waals surface area contributed by atoms with Gasteiger partial charge in [0.05, 0.1) is 30.6 Å². The van der Waals surface area contributed by atoms with E-state index in [1.165, 1.54) is 6.07 Å². The van der Waals surface area contributed by atoms with Crippen molar-refractivity contribution in [3.63, 3.8) is 0 Å². The Morgan fingerprint density at radius 3 is 2.86 bits per heavy atom. The third-order valence-electron chi connectivity index (χ3n) is 5.85. The third kappa shape index (κ3) is 3.52. The predicted molar refractivity (Wildman–Crippen MR) is 106 cm³/mol. The lowest BCUT2D eigenvalue weighted by atomic mass is 9.83. The molecule has 2 aromatic rings. The monoisotopic (exact) mass is 411 g/mol. The standard InChI is InChI=1S/C21H21N3O4S/c22-10-16-3-1-5-18(9-16)20(25)24-14-21(15-24)19(6-8-29(21,26)27)13-28-12-17-4-2-7-23-11-17/h1-5,7,9,11,19H,6,8,12-15H2. The maximum atomic E-state index is 12.8. The molecule has 2 aliphatic rings. The van der Waals surface area contributed by atoms with Crippen LogP contribution in [0.25, 0.3) is 0 Å². The van der Waals surface area contributed by atoms with E-state index in [1.807, 2.05) is 18.2 Å². The van der Waals surface area contributed by atoms with Crippen molar-refractivity contribution in [2.75, 3.05) is 25.4 Å². The number of nitrogens with zero attached hydrogens (tertiary/aromatic N) is 3. The number of carbonyl (C=O) groups excluding carboxylic acids is 1. The molecule has 2 aliphatic heterocycles. The molecule has 1 aromatic heterocycles. The Balaban J connectivity index is 1.43. The molecule has 3 heterocycles. The van der Waals surface area contributed by atoms with Crippen LogP contribution in [0.3, 0.4) is 0 Å². The second-order valence-corrected chi connectivity index (χ2v) is 10.1. The van der Waals surface area contributed by atoms with E-state index in [9.17, 15) is 13.2 Å². The lowest BCUT2D eigenvalue weighted by molar-refractivity contribution is 0.0209. The third-order valence-corrected chi connectivity index (χ3v) is 8.46. The van der Waals surface area contributed by atoms with Gasteiger partial charge in [-0.1, -0.05) is 12.1 Å². The fourth-order valence-electron chi connectivity index (χ4n) is 4.16. The smallest absolute Gasteiger partial charge is 0.253 e. The highest BCUT2D eigenvalue weighted by Crippen LogP contribution is 2.45. The summed E-state index contributed by atoms with van der Waals surface area (Å²) in [5, 5.41) is 9.02. The average molecular weight is 411 g/mol. The summed E-state index contributed by atoms with van der Waals surface area (Å²) in [4.78, 5) is 18.3. The van der Waals surface area contributed by atoms with Gasteiger partial charge in [-0.15, -0.1) is 0 Å². The lowest BCUT2D eigenvalue weighted by Gasteiger charge is -2.49. The van der Waals surface area contributed by atoms with Crippen LogP contribution in [0.2, 0.25) is 0 Å². The molecule has 29 heavy (non-hydrogen) atoms. The van der Waals surface area contributed by atoms with E-state index in [1.54, 1.807) is 35.5 Å². The van der Waals surface area contributed by atoms with E-state index in [0.29, 0.717) is 30.8 Å². The average Bonchev–Trinajstić information content (AvgIpc) is 2.97. The van der Waals surface area contributed by atoms with Crippen LogP contribution in [0.4, 0.5) is 0 Å². The van der Waals surface area contributed by atoms with E-state index in [-0.39, 0.29) is 30.7 Å². The van der Waals surface area contributed by atoms with Gasteiger partial charge >= 0.3 is 0 Å². The molecular weight excluding hydrogens is 390 g/mol. The number of sulfone groups is 1. The summed E-state index contributed by atoms with van der Waals surface area (Å²) in [5.74, 6) is -0.261. The number of pyridine rings is 1. The highest BCUT2D eigenvalue weighted by atomic mass is 32.2. The number of nitriles is 1. The first-order valence-electron chi connectivity index (χ1n) is 9.43.